The quantitative estimate of drug-likeness (QED) is 0.328. The average molecular weight is 445 g/mol. The Morgan fingerprint density at radius 1 is 1.03 bits per heavy atom. The summed E-state index contributed by atoms with van der Waals surface area (Å²) in [5.74, 6) is 1.30. The van der Waals surface area contributed by atoms with Gasteiger partial charge in [-0.05, 0) is 74.1 Å². The zero-order chi connectivity index (χ0) is 23.2. The van der Waals surface area contributed by atoms with Crippen LogP contribution in [0, 0.1) is 0 Å². The second-order valence-electron chi connectivity index (χ2n) is 8.08. The van der Waals surface area contributed by atoms with Crippen LogP contribution in [0.25, 0.3) is 33.2 Å². The first-order valence-electron chi connectivity index (χ1n) is 11.8. The number of nitrogens with one attached hydrogen (secondary N) is 2. The molecule has 0 radical (unpaired) electrons. The van der Waals surface area contributed by atoms with E-state index in [9.17, 15) is 4.79 Å². The monoisotopic (exact) mass is 444 g/mol. The van der Waals surface area contributed by atoms with Crippen LogP contribution in [-0.4, -0.2) is 53.6 Å². The molecule has 1 amide bonds. The van der Waals surface area contributed by atoms with Crippen molar-refractivity contribution >= 4 is 27.7 Å². The lowest BCUT2D eigenvalue weighted by Crippen LogP contribution is -2.29. The molecular formula is C27H32N4O2. The van der Waals surface area contributed by atoms with Gasteiger partial charge in [-0.15, -0.1) is 0 Å². The molecule has 0 unspecified atom stereocenters. The molecule has 0 saturated heterocycles. The zero-order valence-corrected chi connectivity index (χ0v) is 19.6. The summed E-state index contributed by atoms with van der Waals surface area (Å²) in [4.78, 5) is 23.3. The van der Waals surface area contributed by atoms with Gasteiger partial charge in [0.05, 0.1) is 23.2 Å². The fourth-order valence-electron chi connectivity index (χ4n) is 4.11. The highest BCUT2D eigenvalue weighted by Crippen LogP contribution is 2.32. The predicted octanol–water partition coefficient (Wildman–Crippen LogP) is 5.24. The maximum Gasteiger partial charge on any atom is 0.251 e. The summed E-state index contributed by atoms with van der Waals surface area (Å²) >= 11 is 0. The summed E-state index contributed by atoms with van der Waals surface area (Å²) in [6.45, 7) is 10.5. The molecule has 0 atom stereocenters. The van der Waals surface area contributed by atoms with Crippen molar-refractivity contribution in [3.05, 3.63) is 60.2 Å². The van der Waals surface area contributed by atoms with Gasteiger partial charge in [-0.25, -0.2) is 4.98 Å². The number of hydrogen-bond donors (Lipinski definition) is 2. The number of rotatable bonds is 10. The molecular weight excluding hydrogens is 412 g/mol. The molecule has 3 aromatic carbocycles. The molecule has 0 aliphatic rings. The van der Waals surface area contributed by atoms with Crippen LogP contribution >= 0.6 is 0 Å². The van der Waals surface area contributed by atoms with E-state index < -0.39 is 0 Å². The van der Waals surface area contributed by atoms with Crippen LogP contribution in [0.2, 0.25) is 0 Å². The SMILES string of the molecule is CCOc1cc(C(=O)NCCCN(CC)CC)ccc1-c1nc2cc3ccccc3cc2[nH]1. The van der Waals surface area contributed by atoms with Crippen LogP contribution < -0.4 is 10.1 Å². The maximum atomic E-state index is 12.7. The molecule has 1 heterocycles. The Morgan fingerprint density at radius 2 is 1.79 bits per heavy atom. The van der Waals surface area contributed by atoms with Crippen molar-refractivity contribution in [2.24, 2.45) is 0 Å². The Labute approximate surface area is 195 Å². The number of ether oxygens (including phenoxy) is 1. The number of nitrogens with zero attached hydrogens (tertiary/aromatic N) is 2. The molecule has 0 bridgehead atoms. The standard InChI is InChI=1S/C27H32N4O2/c1-4-31(5-2)15-9-14-28-27(32)21-12-13-22(25(18-21)33-6-3)26-29-23-16-19-10-7-8-11-20(19)17-24(23)30-26/h7-8,10-13,16-18H,4-6,9,14-15H2,1-3H3,(H,28,32)(H,29,30). The van der Waals surface area contributed by atoms with Crippen LogP contribution in [0.3, 0.4) is 0 Å². The summed E-state index contributed by atoms with van der Waals surface area (Å²) in [6, 6.07) is 18.0. The fourth-order valence-corrected chi connectivity index (χ4v) is 4.11. The van der Waals surface area contributed by atoms with Gasteiger partial charge < -0.3 is 19.9 Å². The van der Waals surface area contributed by atoms with Crippen molar-refractivity contribution in [1.82, 2.24) is 20.2 Å². The van der Waals surface area contributed by atoms with Gasteiger partial charge in [0.15, 0.2) is 0 Å². The Morgan fingerprint density at radius 3 is 2.52 bits per heavy atom. The number of H-pyrrole nitrogens is 1. The fraction of sp³-hybridized carbons (Fsp3) is 0.333. The van der Waals surface area contributed by atoms with Crippen LogP contribution in [0.5, 0.6) is 5.75 Å². The van der Waals surface area contributed by atoms with Crippen molar-refractivity contribution in [2.45, 2.75) is 27.2 Å². The molecule has 0 fully saturated rings. The Kier molecular flexibility index (Phi) is 7.25. The summed E-state index contributed by atoms with van der Waals surface area (Å²) in [7, 11) is 0. The number of fused-ring (bicyclic) bond motifs is 2. The van der Waals surface area contributed by atoms with E-state index in [0.717, 1.165) is 53.9 Å². The minimum atomic E-state index is -0.0853. The lowest BCUT2D eigenvalue weighted by molar-refractivity contribution is 0.0951. The lowest BCUT2D eigenvalue weighted by atomic mass is 10.1. The van der Waals surface area contributed by atoms with E-state index in [1.165, 1.54) is 5.39 Å². The zero-order valence-electron chi connectivity index (χ0n) is 19.6. The van der Waals surface area contributed by atoms with Gasteiger partial charge in [0.25, 0.3) is 5.91 Å². The highest BCUT2D eigenvalue weighted by Gasteiger charge is 2.15. The molecule has 1 aromatic heterocycles. The van der Waals surface area contributed by atoms with E-state index in [0.29, 0.717) is 24.5 Å². The molecule has 6 nitrogen and oxygen atoms in total. The third-order valence-electron chi connectivity index (χ3n) is 5.98. The summed E-state index contributed by atoms with van der Waals surface area (Å²) < 4.78 is 5.90. The molecule has 2 N–H and O–H groups in total. The second kappa shape index (κ2) is 10.5. The number of benzene rings is 3. The molecule has 0 aliphatic heterocycles. The van der Waals surface area contributed by atoms with Crippen LogP contribution in [0.4, 0.5) is 0 Å². The number of carbonyl (C=O) groups is 1. The normalized spacial score (nSPS) is 11.4. The van der Waals surface area contributed by atoms with E-state index in [-0.39, 0.29) is 5.91 Å². The molecule has 4 aromatic rings. The van der Waals surface area contributed by atoms with Crippen molar-refractivity contribution in [2.75, 3.05) is 32.8 Å². The smallest absolute Gasteiger partial charge is 0.251 e. The van der Waals surface area contributed by atoms with Gasteiger partial charge >= 0.3 is 0 Å². The van der Waals surface area contributed by atoms with E-state index in [1.807, 2.05) is 37.3 Å². The molecule has 0 spiro atoms. The van der Waals surface area contributed by atoms with Crippen molar-refractivity contribution in [3.8, 4) is 17.1 Å². The van der Waals surface area contributed by atoms with Gasteiger partial charge in [-0.2, -0.15) is 0 Å². The molecule has 4 rings (SSSR count). The largest absolute Gasteiger partial charge is 0.493 e. The van der Waals surface area contributed by atoms with Gasteiger partial charge in [0.1, 0.15) is 11.6 Å². The van der Waals surface area contributed by atoms with Gasteiger partial charge in [-0.3, -0.25) is 4.79 Å². The van der Waals surface area contributed by atoms with Crippen molar-refractivity contribution in [3.63, 3.8) is 0 Å². The third-order valence-corrected chi connectivity index (χ3v) is 5.98. The molecule has 33 heavy (non-hydrogen) atoms. The number of aromatic nitrogens is 2. The number of aromatic amines is 1. The summed E-state index contributed by atoms with van der Waals surface area (Å²) in [5.41, 5.74) is 3.31. The van der Waals surface area contributed by atoms with Gasteiger partial charge in [0, 0.05) is 12.1 Å². The molecule has 172 valence electrons. The first-order chi connectivity index (χ1) is 16.1. The first-order valence-corrected chi connectivity index (χ1v) is 11.8. The predicted molar refractivity (Wildman–Crippen MR) is 135 cm³/mol. The minimum absolute atomic E-state index is 0.0853. The second-order valence-corrected chi connectivity index (χ2v) is 8.08. The Bertz CT molecular complexity index is 1190. The van der Waals surface area contributed by atoms with E-state index >= 15 is 0 Å². The average Bonchev–Trinajstić information content (AvgIpc) is 3.25. The van der Waals surface area contributed by atoms with Crippen LogP contribution in [0.1, 0.15) is 37.6 Å². The number of amides is 1. The van der Waals surface area contributed by atoms with Crippen molar-refractivity contribution in [1.29, 1.82) is 0 Å². The summed E-state index contributed by atoms with van der Waals surface area (Å²) in [6.07, 6.45) is 0.928. The van der Waals surface area contributed by atoms with Gasteiger partial charge in [0.2, 0.25) is 0 Å². The third kappa shape index (κ3) is 5.17. The Hall–Kier alpha value is -3.38. The highest BCUT2D eigenvalue weighted by molar-refractivity contribution is 5.97. The van der Waals surface area contributed by atoms with E-state index in [1.54, 1.807) is 0 Å². The highest BCUT2D eigenvalue weighted by atomic mass is 16.5. The number of imidazole rings is 1. The van der Waals surface area contributed by atoms with E-state index in [4.69, 9.17) is 9.72 Å². The molecule has 0 aliphatic carbocycles. The minimum Gasteiger partial charge on any atom is -0.493 e. The van der Waals surface area contributed by atoms with E-state index in [2.05, 4.69) is 53.3 Å². The number of carbonyl (C=O) groups excluding carboxylic acids is 1. The van der Waals surface area contributed by atoms with Gasteiger partial charge in [-0.1, -0.05) is 38.1 Å². The van der Waals surface area contributed by atoms with Crippen LogP contribution in [0.15, 0.2) is 54.6 Å². The molecule has 0 saturated carbocycles. The lowest BCUT2D eigenvalue weighted by Gasteiger charge is -2.17. The number of hydrogen-bond acceptors (Lipinski definition) is 4. The molecule has 6 heteroatoms. The summed E-state index contributed by atoms with van der Waals surface area (Å²) in [5, 5.41) is 5.35. The Balaban J connectivity index is 1.54. The first kappa shape index (κ1) is 22.8. The maximum absolute atomic E-state index is 12.7. The van der Waals surface area contributed by atoms with Crippen molar-refractivity contribution < 1.29 is 9.53 Å². The topological polar surface area (TPSA) is 70.2 Å². The van der Waals surface area contributed by atoms with Crippen LogP contribution in [-0.2, 0) is 0 Å².